The minimum absolute atomic E-state index is 0.0117. The molecular weight excluding hydrogens is 258 g/mol. The highest BCUT2D eigenvalue weighted by Gasteiger charge is 2.22. The minimum atomic E-state index is -0.221. The van der Waals surface area contributed by atoms with E-state index in [0.717, 1.165) is 37.0 Å². The van der Waals surface area contributed by atoms with Crippen LogP contribution in [0.25, 0.3) is 0 Å². The van der Waals surface area contributed by atoms with Crippen LogP contribution >= 0.6 is 0 Å². The maximum absolute atomic E-state index is 11.8. The van der Waals surface area contributed by atoms with Gasteiger partial charge in [0.05, 0.1) is 12.1 Å². The molecule has 0 radical (unpaired) electrons. The van der Waals surface area contributed by atoms with Crippen molar-refractivity contribution in [2.24, 2.45) is 11.1 Å². The average molecular weight is 275 g/mol. The fraction of sp³-hybridized carbons (Fsp3) is 0.467. The Labute approximate surface area is 117 Å². The van der Waals surface area contributed by atoms with Crippen molar-refractivity contribution in [3.05, 3.63) is 23.8 Å². The number of carbonyl (C=O) groups is 1. The molecule has 106 valence electrons. The van der Waals surface area contributed by atoms with E-state index in [2.05, 4.69) is 5.16 Å². The van der Waals surface area contributed by atoms with Crippen molar-refractivity contribution in [1.29, 1.82) is 0 Å². The quantitative estimate of drug-likeness (QED) is 0.483. The Morgan fingerprint density at radius 1 is 1.20 bits per heavy atom. The van der Waals surface area contributed by atoms with Crippen molar-refractivity contribution < 1.29 is 19.1 Å². The van der Waals surface area contributed by atoms with Crippen molar-refractivity contribution in [1.82, 2.24) is 0 Å². The molecule has 1 aliphatic heterocycles. The monoisotopic (exact) mass is 275 g/mol. The number of carbonyl (C=O) groups excluding carboxylic acids is 1. The first-order chi connectivity index (χ1) is 9.83. The van der Waals surface area contributed by atoms with E-state index in [1.165, 1.54) is 12.6 Å². The maximum atomic E-state index is 11.8. The molecule has 20 heavy (non-hydrogen) atoms. The zero-order valence-corrected chi connectivity index (χ0v) is 11.2. The number of nitrogens with zero attached hydrogens (tertiary/aromatic N) is 1. The van der Waals surface area contributed by atoms with Gasteiger partial charge in [-0.05, 0) is 31.0 Å². The fourth-order valence-electron chi connectivity index (χ4n) is 2.55. The van der Waals surface area contributed by atoms with Gasteiger partial charge in [-0.25, -0.2) is 4.79 Å². The van der Waals surface area contributed by atoms with Crippen molar-refractivity contribution in [3.63, 3.8) is 0 Å². The molecule has 1 saturated carbocycles. The first-order valence-corrected chi connectivity index (χ1v) is 6.97. The first-order valence-electron chi connectivity index (χ1n) is 6.97. The van der Waals surface area contributed by atoms with Gasteiger partial charge in [-0.1, -0.05) is 24.4 Å². The van der Waals surface area contributed by atoms with E-state index >= 15 is 0 Å². The van der Waals surface area contributed by atoms with Gasteiger partial charge in [-0.2, -0.15) is 0 Å². The highest BCUT2D eigenvalue weighted by molar-refractivity contribution is 5.81. The van der Waals surface area contributed by atoms with Gasteiger partial charge >= 0.3 is 5.97 Å². The zero-order chi connectivity index (χ0) is 13.8. The normalized spacial score (nSPS) is 18.4. The van der Waals surface area contributed by atoms with Crippen LogP contribution < -0.4 is 9.47 Å². The maximum Gasteiger partial charge on any atom is 0.338 e. The number of rotatable bonds is 3. The molecule has 3 rings (SSSR count). The van der Waals surface area contributed by atoms with Gasteiger partial charge in [0, 0.05) is 5.56 Å². The second-order valence-corrected chi connectivity index (χ2v) is 5.09. The lowest BCUT2D eigenvalue weighted by Crippen LogP contribution is -2.18. The third-order valence-corrected chi connectivity index (χ3v) is 3.68. The van der Waals surface area contributed by atoms with Crippen molar-refractivity contribution >= 4 is 12.2 Å². The molecular formula is C15H17NO4. The summed E-state index contributed by atoms with van der Waals surface area (Å²) in [6.45, 7) is 0.243. The van der Waals surface area contributed by atoms with E-state index in [1.54, 1.807) is 6.07 Å². The van der Waals surface area contributed by atoms with Gasteiger partial charge in [-0.3, -0.25) is 0 Å². The Balaban J connectivity index is 1.56. The van der Waals surface area contributed by atoms with Gasteiger partial charge < -0.3 is 14.3 Å². The number of hydrogen-bond acceptors (Lipinski definition) is 5. The summed E-state index contributed by atoms with van der Waals surface area (Å²) in [5.74, 6) is 1.20. The van der Waals surface area contributed by atoms with E-state index in [-0.39, 0.29) is 18.7 Å². The summed E-state index contributed by atoms with van der Waals surface area (Å²) in [5.41, 5.74) is 0.811. The second kappa shape index (κ2) is 5.94. The Morgan fingerprint density at radius 3 is 2.85 bits per heavy atom. The van der Waals surface area contributed by atoms with Gasteiger partial charge in [-0.15, -0.1) is 0 Å². The molecule has 1 aliphatic carbocycles. The summed E-state index contributed by atoms with van der Waals surface area (Å²) in [6, 6.07) is 5.46. The molecule has 0 unspecified atom stereocenters. The van der Waals surface area contributed by atoms with E-state index < -0.39 is 0 Å². The standard InChI is InChI=1S/C15H17NO4/c17-15(12-4-2-1-3-5-12)20-16-9-11-6-7-13-14(8-11)19-10-18-13/h6-9,12H,1-5,10H2/b16-9-. The van der Waals surface area contributed by atoms with E-state index in [9.17, 15) is 4.79 Å². The lowest BCUT2D eigenvalue weighted by atomic mass is 9.89. The Hall–Kier alpha value is -2.04. The molecule has 1 fully saturated rings. The van der Waals surface area contributed by atoms with E-state index in [4.69, 9.17) is 14.3 Å². The summed E-state index contributed by atoms with van der Waals surface area (Å²) in [5, 5.41) is 3.77. The molecule has 0 aromatic heterocycles. The summed E-state index contributed by atoms with van der Waals surface area (Å²) < 4.78 is 10.5. The number of hydrogen-bond donors (Lipinski definition) is 0. The van der Waals surface area contributed by atoms with Crippen LogP contribution in [0.2, 0.25) is 0 Å². The van der Waals surface area contributed by atoms with Crippen LogP contribution in [0.15, 0.2) is 23.4 Å². The molecule has 2 aliphatic rings. The number of ether oxygens (including phenoxy) is 2. The molecule has 0 spiro atoms. The number of benzene rings is 1. The SMILES string of the molecule is O=C(O/N=C\c1ccc2c(c1)OCO2)C1CCCCC1. The molecule has 5 heteroatoms. The molecule has 5 nitrogen and oxygen atoms in total. The first kappa shape index (κ1) is 13.0. The summed E-state index contributed by atoms with van der Waals surface area (Å²) in [6.07, 6.45) is 6.76. The van der Waals surface area contributed by atoms with Crippen molar-refractivity contribution in [2.75, 3.05) is 6.79 Å². The minimum Gasteiger partial charge on any atom is -0.454 e. The van der Waals surface area contributed by atoms with Crippen LogP contribution in [0, 0.1) is 5.92 Å². The highest BCUT2D eigenvalue weighted by atomic mass is 16.7. The molecule has 1 aromatic rings. The smallest absolute Gasteiger partial charge is 0.338 e. The Morgan fingerprint density at radius 2 is 2.00 bits per heavy atom. The van der Waals surface area contributed by atoms with Crippen molar-refractivity contribution in [2.45, 2.75) is 32.1 Å². The average Bonchev–Trinajstić information content (AvgIpc) is 2.95. The summed E-state index contributed by atoms with van der Waals surface area (Å²) in [4.78, 5) is 16.8. The molecule has 0 amide bonds. The van der Waals surface area contributed by atoms with Crippen LogP contribution in [0.5, 0.6) is 11.5 Å². The van der Waals surface area contributed by atoms with E-state index in [1.807, 2.05) is 12.1 Å². The van der Waals surface area contributed by atoms with Crippen LogP contribution in [-0.2, 0) is 9.63 Å². The Kier molecular flexibility index (Phi) is 3.85. The molecule has 0 atom stereocenters. The third-order valence-electron chi connectivity index (χ3n) is 3.68. The summed E-state index contributed by atoms with van der Waals surface area (Å²) in [7, 11) is 0. The highest BCUT2D eigenvalue weighted by Crippen LogP contribution is 2.32. The molecule has 1 heterocycles. The van der Waals surface area contributed by atoms with Crippen LogP contribution in [0.1, 0.15) is 37.7 Å². The fourth-order valence-corrected chi connectivity index (χ4v) is 2.55. The molecule has 0 saturated heterocycles. The second-order valence-electron chi connectivity index (χ2n) is 5.09. The largest absolute Gasteiger partial charge is 0.454 e. The third kappa shape index (κ3) is 2.92. The van der Waals surface area contributed by atoms with Crippen molar-refractivity contribution in [3.8, 4) is 11.5 Å². The predicted molar refractivity (Wildman–Crippen MR) is 72.8 cm³/mol. The predicted octanol–water partition coefficient (Wildman–Crippen LogP) is 2.87. The van der Waals surface area contributed by atoms with Gasteiger partial charge in [0.1, 0.15) is 0 Å². The number of fused-ring (bicyclic) bond motifs is 1. The Bertz CT molecular complexity index is 521. The topological polar surface area (TPSA) is 57.1 Å². The van der Waals surface area contributed by atoms with Crippen LogP contribution in [0.4, 0.5) is 0 Å². The van der Waals surface area contributed by atoms with Gasteiger partial charge in [0.2, 0.25) is 6.79 Å². The molecule has 0 N–H and O–H groups in total. The van der Waals surface area contributed by atoms with Gasteiger partial charge in [0.25, 0.3) is 0 Å². The molecule has 1 aromatic carbocycles. The lowest BCUT2D eigenvalue weighted by Gasteiger charge is -2.17. The van der Waals surface area contributed by atoms with Crippen LogP contribution in [-0.4, -0.2) is 19.0 Å². The summed E-state index contributed by atoms with van der Waals surface area (Å²) >= 11 is 0. The molecule has 0 bridgehead atoms. The van der Waals surface area contributed by atoms with Crippen LogP contribution in [0.3, 0.4) is 0 Å². The van der Waals surface area contributed by atoms with Gasteiger partial charge in [0.15, 0.2) is 11.5 Å². The zero-order valence-electron chi connectivity index (χ0n) is 11.2. The number of oxime groups is 1. The lowest BCUT2D eigenvalue weighted by molar-refractivity contribution is -0.149. The van der Waals surface area contributed by atoms with E-state index in [0.29, 0.717) is 5.75 Å².